The van der Waals surface area contributed by atoms with Gasteiger partial charge in [-0.2, -0.15) is 13.2 Å². The maximum Gasteiger partial charge on any atom is 0.454 e. The second-order valence-corrected chi connectivity index (χ2v) is 11.2. The van der Waals surface area contributed by atoms with E-state index in [1.54, 1.807) is 0 Å². The number of benzene rings is 3. The largest absolute Gasteiger partial charge is 0.480 e. The summed E-state index contributed by atoms with van der Waals surface area (Å²) in [5, 5.41) is 9.21. The SMILES string of the molecule is O=C(O)CN(c1ccc2c(c1)c(C(=O)C(F)(F)F)cn2CCc1ccccc1)S(=O)(=O)c1cc(Cl)cc(Cl)c1. The fraction of sp³-hybridized carbons (Fsp3) is 0.154. The number of carboxylic acid groups (broad SMARTS) is 1. The number of anilines is 1. The minimum atomic E-state index is -5.20. The van der Waals surface area contributed by atoms with E-state index in [2.05, 4.69) is 0 Å². The van der Waals surface area contributed by atoms with Crippen LogP contribution in [-0.4, -0.2) is 42.6 Å². The number of hydrogen-bond acceptors (Lipinski definition) is 4. The summed E-state index contributed by atoms with van der Waals surface area (Å²) in [6.07, 6.45) is -3.68. The number of hydrogen-bond donors (Lipinski definition) is 1. The Labute approximate surface area is 231 Å². The van der Waals surface area contributed by atoms with E-state index < -0.39 is 45.0 Å². The molecule has 4 rings (SSSR count). The van der Waals surface area contributed by atoms with E-state index in [1.165, 1.54) is 22.8 Å². The van der Waals surface area contributed by atoms with Crippen molar-refractivity contribution in [1.29, 1.82) is 0 Å². The molecule has 0 unspecified atom stereocenters. The van der Waals surface area contributed by atoms with E-state index in [0.717, 1.165) is 30.0 Å². The molecule has 0 aliphatic carbocycles. The maximum absolute atomic E-state index is 13.5. The Morgan fingerprint density at radius 1 is 0.949 bits per heavy atom. The predicted octanol–water partition coefficient (Wildman–Crippen LogP) is 6.22. The van der Waals surface area contributed by atoms with E-state index in [0.29, 0.717) is 10.7 Å². The summed E-state index contributed by atoms with van der Waals surface area (Å²) in [7, 11) is -4.59. The molecule has 0 amide bonds. The Hall–Kier alpha value is -3.54. The molecule has 0 spiro atoms. The summed E-state index contributed by atoms with van der Waals surface area (Å²) >= 11 is 11.9. The molecule has 0 atom stereocenters. The van der Waals surface area contributed by atoms with Crippen molar-refractivity contribution in [3.8, 4) is 0 Å². The van der Waals surface area contributed by atoms with E-state index in [1.807, 2.05) is 30.3 Å². The van der Waals surface area contributed by atoms with E-state index >= 15 is 0 Å². The minimum Gasteiger partial charge on any atom is -0.480 e. The third kappa shape index (κ3) is 6.21. The maximum atomic E-state index is 13.5. The number of aryl methyl sites for hydroxylation is 2. The Morgan fingerprint density at radius 2 is 1.59 bits per heavy atom. The average Bonchev–Trinajstić information content (AvgIpc) is 3.22. The number of aromatic nitrogens is 1. The number of fused-ring (bicyclic) bond motifs is 1. The fourth-order valence-electron chi connectivity index (χ4n) is 4.10. The molecular formula is C26H19Cl2F3N2O5S. The van der Waals surface area contributed by atoms with Crippen molar-refractivity contribution in [3.05, 3.63) is 94.1 Å². The lowest BCUT2D eigenvalue weighted by Crippen LogP contribution is -2.35. The topological polar surface area (TPSA) is 96.7 Å². The fourth-order valence-corrected chi connectivity index (χ4v) is 6.23. The van der Waals surface area contributed by atoms with Crippen LogP contribution >= 0.6 is 23.2 Å². The van der Waals surface area contributed by atoms with Gasteiger partial charge in [0.15, 0.2) is 0 Å². The molecule has 7 nitrogen and oxygen atoms in total. The molecule has 1 N–H and O–H groups in total. The molecule has 204 valence electrons. The van der Waals surface area contributed by atoms with Gasteiger partial charge in [-0.1, -0.05) is 53.5 Å². The zero-order valence-electron chi connectivity index (χ0n) is 19.8. The first-order valence-electron chi connectivity index (χ1n) is 11.3. The highest BCUT2D eigenvalue weighted by Crippen LogP contribution is 2.34. The first-order valence-corrected chi connectivity index (χ1v) is 13.5. The van der Waals surface area contributed by atoms with Crippen LogP contribution in [-0.2, 0) is 27.8 Å². The van der Waals surface area contributed by atoms with Crippen LogP contribution in [0.3, 0.4) is 0 Å². The van der Waals surface area contributed by atoms with Crippen LogP contribution in [0.2, 0.25) is 10.0 Å². The first kappa shape index (κ1) is 28.5. The normalized spacial score (nSPS) is 12.0. The molecule has 0 radical (unpaired) electrons. The van der Waals surface area contributed by atoms with Crippen molar-refractivity contribution in [2.45, 2.75) is 24.0 Å². The highest BCUT2D eigenvalue weighted by Gasteiger charge is 2.41. The number of alkyl halides is 3. The summed E-state index contributed by atoms with van der Waals surface area (Å²) in [5.74, 6) is -3.64. The number of halogens is 5. The number of carbonyl (C=O) groups excluding carboxylic acids is 1. The van der Waals surface area contributed by atoms with E-state index in [-0.39, 0.29) is 33.2 Å². The van der Waals surface area contributed by atoms with Crippen LogP contribution in [0.15, 0.2) is 77.8 Å². The quantitative estimate of drug-likeness (QED) is 0.231. The number of aliphatic carboxylic acids is 1. The summed E-state index contributed by atoms with van der Waals surface area (Å²) in [6.45, 7) is -0.835. The molecule has 0 saturated carbocycles. The van der Waals surface area contributed by atoms with Crippen molar-refractivity contribution in [3.63, 3.8) is 0 Å². The van der Waals surface area contributed by atoms with Gasteiger partial charge in [-0.25, -0.2) is 8.42 Å². The zero-order valence-corrected chi connectivity index (χ0v) is 22.2. The van der Waals surface area contributed by atoms with Gasteiger partial charge in [0.05, 0.1) is 16.1 Å². The molecule has 0 aliphatic rings. The Bertz CT molecular complexity index is 1650. The van der Waals surface area contributed by atoms with Gasteiger partial charge >= 0.3 is 12.1 Å². The second-order valence-electron chi connectivity index (χ2n) is 8.51. The number of ketones is 1. The smallest absolute Gasteiger partial charge is 0.454 e. The van der Waals surface area contributed by atoms with Gasteiger partial charge in [0, 0.05) is 33.7 Å². The molecule has 1 aromatic heterocycles. The molecule has 13 heteroatoms. The third-order valence-corrected chi connectivity index (χ3v) is 8.03. The third-order valence-electron chi connectivity index (χ3n) is 5.84. The first-order chi connectivity index (χ1) is 18.3. The van der Waals surface area contributed by atoms with E-state index in [4.69, 9.17) is 23.2 Å². The van der Waals surface area contributed by atoms with Crippen LogP contribution in [0.1, 0.15) is 15.9 Å². The van der Waals surface area contributed by atoms with Gasteiger partial charge in [-0.05, 0) is 48.4 Å². The average molecular weight is 599 g/mol. The Balaban J connectivity index is 1.86. The zero-order chi connectivity index (χ0) is 28.5. The lowest BCUT2D eigenvalue weighted by Gasteiger charge is -2.23. The molecule has 3 aromatic carbocycles. The standard InChI is InChI=1S/C26H19Cl2F3N2O5S/c27-17-10-18(28)12-20(11-17)39(37,38)33(15-24(34)35)19-6-7-23-21(13-19)22(25(36)26(29,30)31)14-32(23)9-8-16-4-2-1-3-5-16/h1-7,10-14H,8-9,15H2,(H,34,35). The molecule has 0 fully saturated rings. The Kier molecular flexibility index (Phi) is 7.97. The molecule has 1 heterocycles. The van der Waals surface area contributed by atoms with Gasteiger partial charge in [0.2, 0.25) is 0 Å². The van der Waals surface area contributed by atoms with Crippen molar-refractivity contribution >= 4 is 61.6 Å². The molecule has 4 aromatic rings. The minimum absolute atomic E-state index is 0.0274. The monoisotopic (exact) mass is 598 g/mol. The molecule has 39 heavy (non-hydrogen) atoms. The van der Waals surface area contributed by atoms with Crippen LogP contribution in [0.5, 0.6) is 0 Å². The number of carboxylic acids is 1. The summed E-state index contributed by atoms with van der Waals surface area (Å²) in [4.78, 5) is 23.5. The summed E-state index contributed by atoms with van der Waals surface area (Å²) in [6, 6.07) is 16.2. The molecule has 0 bridgehead atoms. The number of Topliss-reactive ketones (excluding diaryl/α,β-unsaturated/α-hetero) is 1. The van der Waals surface area contributed by atoms with Crippen molar-refractivity contribution in [1.82, 2.24) is 4.57 Å². The number of nitrogens with zero attached hydrogens (tertiary/aromatic N) is 2. The van der Waals surface area contributed by atoms with Gasteiger partial charge in [-0.15, -0.1) is 0 Å². The summed E-state index contributed by atoms with van der Waals surface area (Å²) < 4.78 is 69.3. The van der Waals surface area contributed by atoms with Crippen molar-refractivity contribution in [2.24, 2.45) is 0 Å². The van der Waals surface area contributed by atoms with Gasteiger partial charge in [-0.3, -0.25) is 13.9 Å². The van der Waals surface area contributed by atoms with Gasteiger partial charge in [0.1, 0.15) is 6.54 Å². The molecule has 0 saturated heterocycles. The lowest BCUT2D eigenvalue weighted by molar-refractivity contribution is -0.135. The lowest BCUT2D eigenvalue weighted by atomic mass is 10.1. The van der Waals surface area contributed by atoms with Gasteiger partial charge < -0.3 is 9.67 Å². The van der Waals surface area contributed by atoms with E-state index in [9.17, 15) is 36.3 Å². The summed E-state index contributed by atoms with van der Waals surface area (Å²) in [5.41, 5.74) is 0.197. The highest BCUT2D eigenvalue weighted by atomic mass is 35.5. The van der Waals surface area contributed by atoms with Crippen LogP contribution < -0.4 is 4.31 Å². The molecular weight excluding hydrogens is 580 g/mol. The van der Waals surface area contributed by atoms with Crippen molar-refractivity contribution in [2.75, 3.05) is 10.8 Å². The van der Waals surface area contributed by atoms with Gasteiger partial charge in [0.25, 0.3) is 15.8 Å². The van der Waals surface area contributed by atoms with Crippen LogP contribution in [0, 0.1) is 0 Å². The van der Waals surface area contributed by atoms with Crippen molar-refractivity contribution < 1.29 is 36.3 Å². The highest BCUT2D eigenvalue weighted by molar-refractivity contribution is 7.92. The predicted molar refractivity (Wildman–Crippen MR) is 141 cm³/mol. The Morgan fingerprint density at radius 3 is 2.18 bits per heavy atom. The van der Waals surface area contributed by atoms with Crippen LogP contribution in [0.25, 0.3) is 10.9 Å². The van der Waals surface area contributed by atoms with Crippen LogP contribution in [0.4, 0.5) is 18.9 Å². The number of rotatable bonds is 9. The second kappa shape index (κ2) is 10.9. The number of sulfonamides is 1. The molecule has 0 aliphatic heterocycles. The number of carbonyl (C=O) groups is 2.